The minimum atomic E-state index is -0.420. The average Bonchev–Trinajstić information content (AvgIpc) is 2.26. The second kappa shape index (κ2) is 6.69. The number of carbonyl (C=O) groups excluding carboxylic acids is 1. The van der Waals surface area contributed by atoms with E-state index in [-0.39, 0.29) is 5.97 Å². The first-order valence-corrected chi connectivity index (χ1v) is 6.97. The van der Waals surface area contributed by atoms with Gasteiger partial charge in [0.25, 0.3) is 0 Å². The highest BCUT2D eigenvalue weighted by Crippen LogP contribution is 2.22. The molecule has 0 aliphatic rings. The quantitative estimate of drug-likeness (QED) is 0.604. The molecule has 0 aliphatic carbocycles. The first-order valence-electron chi connectivity index (χ1n) is 5.98. The van der Waals surface area contributed by atoms with Gasteiger partial charge in [0, 0.05) is 4.90 Å². The molecule has 0 heterocycles. The fraction of sp³-hybridized carbons (Fsp3) is 0.500. The third-order valence-electron chi connectivity index (χ3n) is 1.91. The standard InChI is InChI=1S/C14H20O3S/c1-5-16-11-6-8-12(9-7-11)18-10-13(15)17-14(2,3)4/h6-9H,5,10H2,1-4H3. The molecule has 0 bridgehead atoms. The highest BCUT2D eigenvalue weighted by molar-refractivity contribution is 8.00. The van der Waals surface area contributed by atoms with Crippen LogP contribution in [0, 0.1) is 0 Å². The summed E-state index contributed by atoms with van der Waals surface area (Å²) in [5, 5.41) is 0. The maximum atomic E-state index is 11.5. The van der Waals surface area contributed by atoms with Crippen molar-refractivity contribution in [3.63, 3.8) is 0 Å². The number of ether oxygens (including phenoxy) is 2. The fourth-order valence-corrected chi connectivity index (χ4v) is 1.98. The Labute approximate surface area is 113 Å². The first-order chi connectivity index (χ1) is 8.40. The van der Waals surface area contributed by atoms with Crippen LogP contribution in [0.3, 0.4) is 0 Å². The Bertz CT molecular complexity index is 379. The number of hydrogen-bond acceptors (Lipinski definition) is 4. The molecule has 18 heavy (non-hydrogen) atoms. The fourth-order valence-electron chi connectivity index (χ4n) is 1.31. The summed E-state index contributed by atoms with van der Waals surface area (Å²) in [6.45, 7) is 8.21. The van der Waals surface area contributed by atoms with Crippen molar-refractivity contribution in [3.8, 4) is 5.75 Å². The topological polar surface area (TPSA) is 35.5 Å². The number of thioether (sulfide) groups is 1. The van der Waals surface area contributed by atoms with E-state index in [1.807, 2.05) is 52.0 Å². The van der Waals surface area contributed by atoms with E-state index in [4.69, 9.17) is 9.47 Å². The van der Waals surface area contributed by atoms with Gasteiger partial charge in [-0.1, -0.05) is 0 Å². The van der Waals surface area contributed by atoms with Crippen LogP contribution in [0.15, 0.2) is 29.2 Å². The van der Waals surface area contributed by atoms with Crippen LogP contribution in [-0.2, 0) is 9.53 Å². The third-order valence-corrected chi connectivity index (χ3v) is 2.90. The Hall–Kier alpha value is -1.16. The highest BCUT2D eigenvalue weighted by Gasteiger charge is 2.16. The predicted octanol–water partition coefficient (Wildman–Crippen LogP) is 3.52. The molecule has 1 aromatic rings. The Morgan fingerprint density at radius 1 is 1.22 bits per heavy atom. The maximum Gasteiger partial charge on any atom is 0.316 e. The van der Waals surface area contributed by atoms with Crippen molar-refractivity contribution in [1.29, 1.82) is 0 Å². The molecule has 0 fully saturated rings. The van der Waals surface area contributed by atoms with Gasteiger partial charge in [-0.3, -0.25) is 4.79 Å². The zero-order valence-corrected chi connectivity index (χ0v) is 12.2. The molecule has 0 atom stereocenters. The zero-order valence-electron chi connectivity index (χ0n) is 11.4. The minimum Gasteiger partial charge on any atom is -0.494 e. The normalized spacial score (nSPS) is 11.1. The Morgan fingerprint density at radius 3 is 2.33 bits per heavy atom. The molecule has 3 nitrogen and oxygen atoms in total. The number of benzene rings is 1. The largest absolute Gasteiger partial charge is 0.494 e. The highest BCUT2D eigenvalue weighted by atomic mass is 32.2. The van der Waals surface area contributed by atoms with Crippen molar-refractivity contribution in [2.75, 3.05) is 12.4 Å². The van der Waals surface area contributed by atoms with E-state index in [1.54, 1.807) is 0 Å². The van der Waals surface area contributed by atoms with Crippen LogP contribution in [-0.4, -0.2) is 23.9 Å². The minimum absolute atomic E-state index is 0.193. The van der Waals surface area contributed by atoms with Crippen LogP contribution in [0.5, 0.6) is 5.75 Å². The van der Waals surface area contributed by atoms with Gasteiger partial charge in [-0.05, 0) is 52.0 Å². The molecule has 1 rings (SSSR count). The third kappa shape index (κ3) is 5.96. The van der Waals surface area contributed by atoms with Crippen molar-refractivity contribution in [1.82, 2.24) is 0 Å². The van der Waals surface area contributed by atoms with E-state index in [2.05, 4.69) is 0 Å². The van der Waals surface area contributed by atoms with Gasteiger partial charge in [0.2, 0.25) is 0 Å². The van der Waals surface area contributed by atoms with E-state index in [9.17, 15) is 4.79 Å². The second-order valence-electron chi connectivity index (χ2n) is 4.78. The van der Waals surface area contributed by atoms with Crippen LogP contribution < -0.4 is 4.74 Å². The van der Waals surface area contributed by atoms with Crippen LogP contribution in [0.4, 0.5) is 0 Å². The molecule has 0 spiro atoms. The van der Waals surface area contributed by atoms with Gasteiger partial charge in [0.1, 0.15) is 11.4 Å². The lowest BCUT2D eigenvalue weighted by Gasteiger charge is -2.19. The molecule has 0 saturated carbocycles. The van der Waals surface area contributed by atoms with Crippen molar-refractivity contribution in [2.45, 2.75) is 38.2 Å². The molecule has 1 aromatic carbocycles. The molecule has 0 radical (unpaired) electrons. The molecule has 0 unspecified atom stereocenters. The first kappa shape index (κ1) is 14.9. The number of hydrogen-bond donors (Lipinski definition) is 0. The van der Waals surface area contributed by atoms with Crippen molar-refractivity contribution in [2.24, 2.45) is 0 Å². The summed E-state index contributed by atoms with van der Waals surface area (Å²) in [6.07, 6.45) is 0. The second-order valence-corrected chi connectivity index (χ2v) is 5.83. The van der Waals surface area contributed by atoms with Gasteiger partial charge in [0.05, 0.1) is 12.4 Å². The molecule has 0 N–H and O–H groups in total. The van der Waals surface area contributed by atoms with Gasteiger partial charge in [-0.25, -0.2) is 0 Å². The summed E-state index contributed by atoms with van der Waals surface area (Å²) in [5.74, 6) is 0.978. The number of rotatable bonds is 5. The van der Waals surface area contributed by atoms with Crippen molar-refractivity contribution < 1.29 is 14.3 Å². The molecule has 0 amide bonds. The molecule has 0 saturated heterocycles. The van der Waals surface area contributed by atoms with Crippen molar-refractivity contribution >= 4 is 17.7 Å². The summed E-state index contributed by atoms with van der Waals surface area (Å²) < 4.78 is 10.6. The van der Waals surface area contributed by atoms with Crippen LogP contribution in [0.1, 0.15) is 27.7 Å². The lowest BCUT2D eigenvalue weighted by Crippen LogP contribution is -2.24. The number of esters is 1. The summed E-state index contributed by atoms with van der Waals surface area (Å²) in [6, 6.07) is 7.70. The molecule has 4 heteroatoms. The summed E-state index contributed by atoms with van der Waals surface area (Å²) in [4.78, 5) is 12.6. The molecular formula is C14H20O3S. The summed E-state index contributed by atoms with van der Waals surface area (Å²) in [7, 11) is 0. The Kier molecular flexibility index (Phi) is 5.54. The lowest BCUT2D eigenvalue weighted by atomic mass is 10.2. The Balaban J connectivity index is 2.41. The van der Waals surface area contributed by atoms with Gasteiger partial charge in [-0.15, -0.1) is 11.8 Å². The van der Waals surface area contributed by atoms with Crippen LogP contribution in [0.2, 0.25) is 0 Å². The molecule has 100 valence electrons. The smallest absolute Gasteiger partial charge is 0.316 e. The molecule has 0 aromatic heterocycles. The van der Waals surface area contributed by atoms with Gasteiger partial charge in [-0.2, -0.15) is 0 Å². The SMILES string of the molecule is CCOc1ccc(SCC(=O)OC(C)(C)C)cc1. The van der Waals surface area contributed by atoms with Crippen LogP contribution >= 0.6 is 11.8 Å². The lowest BCUT2D eigenvalue weighted by molar-refractivity contribution is -0.151. The maximum absolute atomic E-state index is 11.5. The zero-order chi connectivity index (χ0) is 13.6. The van der Waals surface area contributed by atoms with E-state index in [0.29, 0.717) is 12.4 Å². The number of carbonyl (C=O) groups is 1. The van der Waals surface area contributed by atoms with E-state index in [0.717, 1.165) is 10.6 Å². The van der Waals surface area contributed by atoms with Crippen LogP contribution in [0.25, 0.3) is 0 Å². The van der Waals surface area contributed by atoms with Gasteiger partial charge < -0.3 is 9.47 Å². The molecule has 0 aliphatic heterocycles. The van der Waals surface area contributed by atoms with E-state index < -0.39 is 5.60 Å². The van der Waals surface area contributed by atoms with E-state index in [1.165, 1.54) is 11.8 Å². The molecular weight excluding hydrogens is 248 g/mol. The Morgan fingerprint density at radius 2 is 1.83 bits per heavy atom. The van der Waals surface area contributed by atoms with Crippen molar-refractivity contribution in [3.05, 3.63) is 24.3 Å². The predicted molar refractivity (Wildman–Crippen MR) is 74.2 cm³/mol. The van der Waals surface area contributed by atoms with Gasteiger partial charge >= 0.3 is 5.97 Å². The summed E-state index contributed by atoms with van der Waals surface area (Å²) in [5.41, 5.74) is -0.420. The monoisotopic (exact) mass is 268 g/mol. The summed E-state index contributed by atoms with van der Waals surface area (Å²) >= 11 is 1.47. The van der Waals surface area contributed by atoms with E-state index >= 15 is 0 Å². The van der Waals surface area contributed by atoms with Gasteiger partial charge in [0.15, 0.2) is 0 Å². The average molecular weight is 268 g/mol.